The lowest BCUT2D eigenvalue weighted by atomic mass is 10.1. The van der Waals surface area contributed by atoms with E-state index in [4.69, 9.17) is 26.3 Å². The summed E-state index contributed by atoms with van der Waals surface area (Å²) in [6, 6.07) is 5.36. The quantitative estimate of drug-likeness (QED) is 0.332. The highest BCUT2D eigenvalue weighted by Crippen LogP contribution is 2.37. The Morgan fingerprint density at radius 3 is 2.79 bits per heavy atom. The molecular weight excluding hydrogens is 504 g/mol. The second kappa shape index (κ2) is 11.0. The van der Waals surface area contributed by atoms with Gasteiger partial charge in [0, 0.05) is 42.5 Å². The Bertz CT molecular complexity index is 1430. The van der Waals surface area contributed by atoms with E-state index in [1.54, 1.807) is 25.5 Å². The fourth-order valence-electron chi connectivity index (χ4n) is 4.69. The van der Waals surface area contributed by atoms with Crippen LogP contribution in [0.15, 0.2) is 36.9 Å². The van der Waals surface area contributed by atoms with Crippen LogP contribution in [0.2, 0.25) is 5.02 Å². The summed E-state index contributed by atoms with van der Waals surface area (Å²) < 4.78 is 7.80. The first-order chi connectivity index (χ1) is 18.4. The van der Waals surface area contributed by atoms with Gasteiger partial charge >= 0.3 is 0 Å². The molecule has 38 heavy (non-hydrogen) atoms. The molecule has 198 valence electrons. The minimum Gasteiger partial charge on any atom is -0.491 e. The van der Waals surface area contributed by atoms with Gasteiger partial charge < -0.3 is 20.1 Å². The second-order valence-electron chi connectivity index (χ2n) is 9.35. The molecule has 4 aromatic rings. The van der Waals surface area contributed by atoms with Gasteiger partial charge in [-0.15, -0.1) is 0 Å². The number of rotatable bonds is 9. The minimum atomic E-state index is -0.634. The summed E-state index contributed by atoms with van der Waals surface area (Å²) >= 11 is 6.69. The molecule has 5 rings (SSSR count). The number of aryl methyl sites for hydroxylation is 2. The molecule has 4 heterocycles. The fourth-order valence-corrected chi connectivity index (χ4v) is 4.90. The van der Waals surface area contributed by atoms with Gasteiger partial charge in [0.05, 0.1) is 34.8 Å². The Balaban J connectivity index is 1.61. The lowest BCUT2D eigenvalue weighted by Gasteiger charge is -2.22. The number of benzene rings is 1. The van der Waals surface area contributed by atoms with E-state index < -0.39 is 6.10 Å². The van der Waals surface area contributed by atoms with Crippen molar-refractivity contribution in [3.63, 3.8) is 0 Å². The first-order valence-corrected chi connectivity index (χ1v) is 13.0. The largest absolute Gasteiger partial charge is 0.491 e. The third-order valence-electron chi connectivity index (χ3n) is 6.61. The Kier molecular flexibility index (Phi) is 7.55. The number of anilines is 1. The van der Waals surface area contributed by atoms with Crippen LogP contribution >= 0.6 is 11.6 Å². The van der Waals surface area contributed by atoms with Crippen LogP contribution in [0.3, 0.4) is 0 Å². The molecule has 0 radical (unpaired) electrons. The van der Waals surface area contributed by atoms with E-state index in [0.717, 1.165) is 39.6 Å². The number of likely N-dealkylation sites (N-methyl/N-ethyl adjacent to an activating group) is 1. The summed E-state index contributed by atoms with van der Waals surface area (Å²) in [6.07, 6.45) is 4.66. The molecule has 2 N–H and O–H groups in total. The van der Waals surface area contributed by atoms with Crippen LogP contribution in [0.5, 0.6) is 5.75 Å². The van der Waals surface area contributed by atoms with Crippen molar-refractivity contribution < 1.29 is 9.84 Å². The molecule has 0 aliphatic carbocycles. The SMILES string of the molecule is CCn1ncc(C)c1-c1nc(-c2cc(OC[C@H](O)CNC)ccc2Cl)nc(N2Cc3cncnc3C2)c1C. The molecule has 1 aliphatic heterocycles. The highest BCUT2D eigenvalue weighted by atomic mass is 35.5. The number of nitrogens with one attached hydrogen (secondary N) is 1. The number of fused-ring (bicyclic) bond motifs is 1. The topological polar surface area (TPSA) is 114 Å². The molecule has 0 bridgehead atoms. The molecule has 0 amide bonds. The van der Waals surface area contributed by atoms with Crippen molar-refractivity contribution in [1.82, 2.24) is 35.0 Å². The number of halogens is 1. The van der Waals surface area contributed by atoms with Gasteiger partial charge in [0.1, 0.15) is 30.6 Å². The number of ether oxygens (including phenoxy) is 1. The summed E-state index contributed by atoms with van der Waals surface area (Å²) in [4.78, 5) is 20.9. The van der Waals surface area contributed by atoms with Crippen LogP contribution in [-0.2, 0) is 19.6 Å². The van der Waals surface area contributed by atoms with Gasteiger partial charge in [0.2, 0.25) is 0 Å². The van der Waals surface area contributed by atoms with Gasteiger partial charge in [-0.3, -0.25) is 4.68 Å². The van der Waals surface area contributed by atoms with Crippen molar-refractivity contribution in [2.24, 2.45) is 0 Å². The van der Waals surface area contributed by atoms with Crippen molar-refractivity contribution in [3.05, 3.63) is 64.3 Å². The maximum absolute atomic E-state index is 10.1. The highest BCUT2D eigenvalue weighted by molar-refractivity contribution is 6.33. The van der Waals surface area contributed by atoms with E-state index in [0.29, 0.717) is 48.3 Å². The van der Waals surface area contributed by atoms with Crippen molar-refractivity contribution in [1.29, 1.82) is 0 Å². The molecule has 0 spiro atoms. The van der Waals surface area contributed by atoms with Crippen LogP contribution < -0.4 is 15.0 Å². The third-order valence-corrected chi connectivity index (χ3v) is 6.94. The monoisotopic (exact) mass is 534 g/mol. The maximum atomic E-state index is 10.1. The predicted octanol–water partition coefficient (Wildman–Crippen LogP) is 3.57. The summed E-state index contributed by atoms with van der Waals surface area (Å²) in [5.41, 5.74) is 6.45. The van der Waals surface area contributed by atoms with Crippen LogP contribution in [0.4, 0.5) is 5.82 Å². The minimum absolute atomic E-state index is 0.148. The highest BCUT2D eigenvalue weighted by Gasteiger charge is 2.27. The standard InChI is InChI=1S/C27H31ClN8O2/c1-5-36-25(16(2)9-32-36)24-17(3)27(35-12-18-10-30-15-31-23(18)13-35)34-26(33-24)21-8-20(6-7-22(21)28)38-14-19(37)11-29-4/h6-10,15,19,29,37H,5,11-14H2,1-4H3/t19-/m1/s1. The lowest BCUT2D eigenvalue weighted by Crippen LogP contribution is -2.29. The van der Waals surface area contributed by atoms with E-state index in [-0.39, 0.29) is 6.61 Å². The maximum Gasteiger partial charge on any atom is 0.163 e. The molecule has 1 atom stereocenters. The Labute approximate surface area is 226 Å². The summed E-state index contributed by atoms with van der Waals surface area (Å²) in [6.45, 7) is 8.70. The molecule has 10 nitrogen and oxygen atoms in total. The van der Waals surface area contributed by atoms with Crippen LogP contribution in [0, 0.1) is 13.8 Å². The zero-order valence-corrected chi connectivity index (χ0v) is 22.7. The van der Waals surface area contributed by atoms with Gasteiger partial charge in [0.25, 0.3) is 0 Å². The van der Waals surface area contributed by atoms with Crippen molar-refractivity contribution in [2.45, 2.75) is 46.5 Å². The second-order valence-corrected chi connectivity index (χ2v) is 9.76. The molecular formula is C27H31ClN8O2. The van der Waals surface area contributed by atoms with E-state index >= 15 is 0 Å². The van der Waals surface area contributed by atoms with Crippen LogP contribution in [0.25, 0.3) is 22.8 Å². The molecule has 0 saturated heterocycles. The molecule has 0 fully saturated rings. The zero-order valence-electron chi connectivity index (χ0n) is 21.9. The Morgan fingerprint density at radius 2 is 2.03 bits per heavy atom. The van der Waals surface area contributed by atoms with Crippen LogP contribution in [0.1, 0.15) is 29.3 Å². The number of aliphatic hydroxyl groups is 1. The first-order valence-electron chi connectivity index (χ1n) is 12.6. The fraction of sp³-hybridized carbons (Fsp3) is 0.370. The molecule has 1 aliphatic rings. The molecule has 0 unspecified atom stereocenters. The van der Waals surface area contributed by atoms with Crippen molar-refractivity contribution >= 4 is 17.4 Å². The van der Waals surface area contributed by atoms with E-state index in [1.165, 1.54) is 0 Å². The summed E-state index contributed by atoms with van der Waals surface area (Å²) in [7, 11) is 1.78. The zero-order chi connectivity index (χ0) is 26.8. The Morgan fingerprint density at radius 1 is 1.18 bits per heavy atom. The van der Waals surface area contributed by atoms with Gasteiger partial charge in [-0.05, 0) is 51.6 Å². The number of nitrogens with zero attached hydrogens (tertiary/aromatic N) is 7. The third kappa shape index (κ3) is 5.07. The number of aliphatic hydroxyl groups excluding tert-OH is 1. The van der Waals surface area contributed by atoms with Crippen molar-refractivity contribution in [3.8, 4) is 28.5 Å². The van der Waals surface area contributed by atoms with Gasteiger partial charge in [-0.1, -0.05) is 11.6 Å². The first kappa shape index (κ1) is 26.0. The van der Waals surface area contributed by atoms with Gasteiger partial charge in [-0.2, -0.15) is 5.10 Å². The predicted molar refractivity (Wildman–Crippen MR) is 146 cm³/mol. The van der Waals surface area contributed by atoms with E-state index in [1.807, 2.05) is 37.0 Å². The van der Waals surface area contributed by atoms with E-state index in [2.05, 4.69) is 32.2 Å². The normalized spacial score (nSPS) is 13.6. The molecule has 0 saturated carbocycles. The average molecular weight is 535 g/mol. The molecule has 11 heteroatoms. The van der Waals surface area contributed by atoms with Gasteiger partial charge in [0.15, 0.2) is 5.82 Å². The van der Waals surface area contributed by atoms with Crippen molar-refractivity contribution in [2.75, 3.05) is 25.1 Å². The van der Waals surface area contributed by atoms with E-state index in [9.17, 15) is 5.11 Å². The smallest absolute Gasteiger partial charge is 0.163 e. The number of hydrogen-bond acceptors (Lipinski definition) is 9. The number of hydrogen-bond donors (Lipinski definition) is 2. The summed E-state index contributed by atoms with van der Waals surface area (Å²) in [5.74, 6) is 1.86. The van der Waals surface area contributed by atoms with Crippen LogP contribution in [-0.4, -0.2) is 61.1 Å². The van der Waals surface area contributed by atoms with Gasteiger partial charge in [-0.25, -0.2) is 19.9 Å². The Hall–Kier alpha value is -3.60. The molecule has 3 aromatic heterocycles. The number of aromatic nitrogens is 6. The molecule has 1 aromatic carbocycles. The summed E-state index contributed by atoms with van der Waals surface area (Å²) in [5, 5.41) is 18.1. The lowest BCUT2D eigenvalue weighted by molar-refractivity contribution is 0.108. The average Bonchev–Trinajstić information content (AvgIpc) is 3.51.